The zero-order valence-electron chi connectivity index (χ0n) is 9.43. The molecule has 4 heteroatoms. The number of hydrogen-bond acceptors (Lipinski definition) is 3. The topological polar surface area (TPSA) is 50.4 Å². The van der Waals surface area contributed by atoms with E-state index in [2.05, 4.69) is 17.6 Å². The van der Waals surface area contributed by atoms with Crippen LogP contribution in [0.4, 0.5) is 0 Å². The molecule has 1 amide bonds. The molecule has 4 nitrogen and oxygen atoms in total. The molecule has 0 aromatic rings. The van der Waals surface area contributed by atoms with Gasteiger partial charge in [0.15, 0.2) is 0 Å². The molecule has 1 unspecified atom stereocenters. The van der Waals surface area contributed by atoms with Gasteiger partial charge in [0.25, 0.3) is 0 Å². The Morgan fingerprint density at radius 3 is 2.71 bits per heavy atom. The van der Waals surface area contributed by atoms with Gasteiger partial charge in [-0.25, -0.2) is 0 Å². The molecule has 0 fully saturated rings. The van der Waals surface area contributed by atoms with Gasteiger partial charge in [-0.2, -0.15) is 0 Å². The number of ether oxygens (including phenoxy) is 1. The lowest BCUT2D eigenvalue weighted by molar-refractivity contribution is -0.122. The fourth-order valence-corrected chi connectivity index (χ4v) is 1.01. The van der Waals surface area contributed by atoms with Gasteiger partial charge in [-0.1, -0.05) is 13.3 Å². The normalized spacial score (nSPS) is 12.5. The van der Waals surface area contributed by atoms with Gasteiger partial charge in [-0.05, 0) is 13.3 Å². The molecule has 0 aromatic heterocycles. The predicted octanol–water partition coefficient (Wildman–Crippen LogP) is 0.527. The molecule has 0 aromatic carbocycles. The van der Waals surface area contributed by atoms with E-state index in [0.29, 0.717) is 13.2 Å². The van der Waals surface area contributed by atoms with E-state index in [9.17, 15) is 4.79 Å². The predicted molar refractivity (Wildman–Crippen MR) is 57.3 cm³/mol. The minimum absolute atomic E-state index is 0.0644. The average Bonchev–Trinajstić information content (AvgIpc) is 2.18. The lowest BCUT2D eigenvalue weighted by Gasteiger charge is -2.13. The molecule has 14 heavy (non-hydrogen) atoms. The third-order valence-corrected chi connectivity index (χ3v) is 1.98. The SMILES string of the molecule is CCCCNC(=O)C(C)NCCOC. The molecule has 2 N–H and O–H groups in total. The van der Waals surface area contributed by atoms with Crippen LogP contribution in [-0.4, -0.2) is 38.8 Å². The molecule has 1 atom stereocenters. The summed E-state index contributed by atoms with van der Waals surface area (Å²) < 4.78 is 4.88. The third kappa shape index (κ3) is 6.86. The van der Waals surface area contributed by atoms with Crippen molar-refractivity contribution in [3.05, 3.63) is 0 Å². The number of amides is 1. The van der Waals surface area contributed by atoms with E-state index >= 15 is 0 Å². The number of carbonyl (C=O) groups excluding carboxylic acids is 1. The van der Waals surface area contributed by atoms with Crippen LogP contribution in [-0.2, 0) is 9.53 Å². The first-order valence-corrected chi connectivity index (χ1v) is 5.22. The van der Waals surface area contributed by atoms with Gasteiger partial charge < -0.3 is 15.4 Å². The highest BCUT2D eigenvalue weighted by Gasteiger charge is 2.09. The van der Waals surface area contributed by atoms with E-state index in [1.54, 1.807) is 7.11 Å². The zero-order chi connectivity index (χ0) is 10.8. The summed E-state index contributed by atoms with van der Waals surface area (Å²) in [7, 11) is 1.65. The van der Waals surface area contributed by atoms with E-state index in [1.165, 1.54) is 0 Å². The monoisotopic (exact) mass is 202 g/mol. The molecule has 0 aliphatic rings. The first-order chi connectivity index (χ1) is 6.72. The van der Waals surface area contributed by atoms with Crippen molar-refractivity contribution in [1.29, 1.82) is 0 Å². The van der Waals surface area contributed by atoms with E-state index in [0.717, 1.165) is 19.4 Å². The summed E-state index contributed by atoms with van der Waals surface area (Å²) >= 11 is 0. The molecule has 0 heterocycles. The van der Waals surface area contributed by atoms with Gasteiger partial charge in [-0.3, -0.25) is 4.79 Å². The Morgan fingerprint density at radius 2 is 2.14 bits per heavy atom. The highest BCUT2D eigenvalue weighted by atomic mass is 16.5. The van der Waals surface area contributed by atoms with Crippen LogP contribution in [0.1, 0.15) is 26.7 Å². The van der Waals surface area contributed by atoms with Gasteiger partial charge >= 0.3 is 0 Å². The smallest absolute Gasteiger partial charge is 0.236 e. The van der Waals surface area contributed by atoms with Crippen LogP contribution < -0.4 is 10.6 Å². The maximum atomic E-state index is 11.4. The van der Waals surface area contributed by atoms with Gasteiger partial charge in [0.2, 0.25) is 5.91 Å². The van der Waals surface area contributed by atoms with Gasteiger partial charge in [-0.15, -0.1) is 0 Å². The molecule has 0 saturated heterocycles. The van der Waals surface area contributed by atoms with Gasteiger partial charge in [0, 0.05) is 20.2 Å². The molecule has 0 saturated carbocycles. The van der Waals surface area contributed by atoms with Crippen molar-refractivity contribution in [3.63, 3.8) is 0 Å². The zero-order valence-corrected chi connectivity index (χ0v) is 9.43. The number of methoxy groups -OCH3 is 1. The van der Waals surface area contributed by atoms with Crippen molar-refractivity contribution in [3.8, 4) is 0 Å². The van der Waals surface area contributed by atoms with Gasteiger partial charge in [0.05, 0.1) is 12.6 Å². The Hall–Kier alpha value is -0.610. The summed E-state index contributed by atoms with van der Waals surface area (Å²) in [6, 6.07) is -0.137. The molecular formula is C10H22N2O2. The van der Waals surface area contributed by atoms with Gasteiger partial charge in [0.1, 0.15) is 0 Å². The van der Waals surface area contributed by atoms with Crippen LogP contribution in [0.25, 0.3) is 0 Å². The fourth-order valence-electron chi connectivity index (χ4n) is 1.01. The Kier molecular flexibility index (Phi) is 8.57. The maximum absolute atomic E-state index is 11.4. The minimum atomic E-state index is -0.137. The first-order valence-electron chi connectivity index (χ1n) is 5.22. The summed E-state index contributed by atoms with van der Waals surface area (Å²) in [4.78, 5) is 11.4. The van der Waals surface area contributed by atoms with Crippen molar-refractivity contribution in [1.82, 2.24) is 10.6 Å². The summed E-state index contributed by atoms with van der Waals surface area (Å²) in [5.41, 5.74) is 0. The van der Waals surface area contributed by atoms with Crippen LogP contribution in [0.2, 0.25) is 0 Å². The third-order valence-electron chi connectivity index (χ3n) is 1.98. The average molecular weight is 202 g/mol. The Morgan fingerprint density at radius 1 is 1.43 bits per heavy atom. The lowest BCUT2D eigenvalue weighted by Crippen LogP contribution is -2.43. The number of unbranched alkanes of at least 4 members (excludes halogenated alkanes) is 1. The quantitative estimate of drug-likeness (QED) is 0.564. The highest BCUT2D eigenvalue weighted by molar-refractivity contribution is 5.81. The van der Waals surface area contributed by atoms with Crippen molar-refractivity contribution >= 4 is 5.91 Å². The van der Waals surface area contributed by atoms with Crippen molar-refractivity contribution in [2.24, 2.45) is 0 Å². The van der Waals surface area contributed by atoms with Crippen molar-refractivity contribution in [2.75, 3.05) is 26.8 Å². The Labute approximate surface area is 86.4 Å². The largest absolute Gasteiger partial charge is 0.383 e. The summed E-state index contributed by atoms with van der Waals surface area (Å²) in [5.74, 6) is 0.0644. The minimum Gasteiger partial charge on any atom is -0.383 e. The van der Waals surface area contributed by atoms with Crippen molar-refractivity contribution < 1.29 is 9.53 Å². The van der Waals surface area contributed by atoms with Crippen LogP contribution in [0.5, 0.6) is 0 Å². The van der Waals surface area contributed by atoms with Crippen LogP contribution in [0, 0.1) is 0 Å². The lowest BCUT2D eigenvalue weighted by atomic mass is 10.3. The van der Waals surface area contributed by atoms with E-state index in [4.69, 9.17) is 4.74 Å². The number of hydrogen-bond donors (Lipinski definition) is 2. The van der Waals surface area contributed by atoms with Crippen LogP contribution in [0.3, 0.4) is 0 Å². The molecule has 84 valence electrons. The van der Waals surface area contributed by atoms with E-state index in [1.807, 2.05) is 6.92 Å². The Bertz CT molecular complexity index is 151. The maximum Gasteiger partial charge on any atom is 0.236 e. The summed E-state index contributed by atoms with van der Waals surface area (Å²) in [6.07, 6.45) is 2.14. The number of nitrogens with one attached hydrogen (secondary N) is 2. The second-order valence-electron chi connectivity index (χ2n) is 3.31. The van der Waals surface area contributed by atoms with E-state index < -0.39 is 0 Å². The number of carbonyl (C=O) groups is 1. The Balaban J connectivity index is 3.44. The summed E-state index contributed by atoms with van der Waals surface area (Å²) in [6.45, 7) is 6.07. The van der Waals surface area contributed by atoms with Crippen LogP contribution in [0.15, 0.2) is 0 Å². The van der Waals surface area contributed by atoms with Crippen molar-refractivity contribution in [2.45, 2.75) is 32.7 Å². The highest BCUT2D eigenvalue weighted by Crippen LogP contribution is 1.85. The summed E-state index contributed by atoms with van der Waals surface area (Å²) in [5, 5.41) is 5.94. The molecule has 0 bridgehead atoms. The second kappa shape index (κ2) is 8.97. The molecule has 0 aliphatic carbocycles. The van der Waals surface area contributed by atoms with E-state index in [-0.39, 0.29) is 11.9 Å². The standard InChI is InChI=1S/C10H22N2O2/c1-4-5-6-12-10(13)9(2)11-7-8-14-3/h9,11H,4-8H2,1-3H3,(H,12,13). The molecule has 0 rings (SSSR count). The first kappa shape index (κ1) is 13.4. The molecule has 0 radical (unpaired) electrons. The molecule has 0 spiro atoms. The molecular weight excluding hydrogens is 180 g/mol. The number of rotatable bonds is 8. The molecule has 0 aliphatic heterocycles. The fraction of sp³-hybridized carbons (Fsp3) is 0.900. The second-order valence-corrected chi connectivity index (χ2v) is 3.31. The van der Waals surface area contributed by atoms with Crippen LogP contribution >= 0.6 is 0 Å².